The first-order valence-corrected chi connectivity index (χ1v) is 5.34. The summed E-state index contributed by atoms with van der Waals surface area (Å²) in [6.07, 6.45) is 4.39. The molecule has 0 aliphatic heterocycles. The van der Waals surface area contributed by atoms with Gasteiger partial charge < -0.3 is 0 Å². The van der Waals surface area contributed by atoms with Crippen LogP contribution in [0.3, 0.4) is 0 Å². The van der Waals surface area contributed by atoms with E-state index in [1.165, 1.54) is 23.5 Å². The van der Waals surface area contributed by atoms with Crippen molar-refractivity contribution in [3.63, 3.8) is 0 Å². The van der Waals surface area contributed by atoms with E-state index in [1.54, 1.807) is 12.1 Å². The van der Waals surface area contributed by atoms with Gasteiger partial charge >= 0.3 is 0 Å². The Morgan fingerprint density at radius 3 is 2.38 bits per heavy atom. The summed E-state index contributed by atoms with van der Waals surface area (Å²) in [5.74, 6) is 0. The van der Waals surface area contributed by atoms with Crippen LogP contribution in [0.2, 0.25) is 15.1 Å². The lowest BCUT2D eigenvalue weighted by Crippen LogP contribution is -1.90. The van der Waals surface area contributed by atoms with E-state index in [1.807, 2.05) is 0 Å². The van der Waals surface area contributed by atoms with E-state index in [0.29, 0.717) is 20.6 Å². The summed E-state index contributed by atoms with van der Waals surface area (Å²) in [5.41, 5.74) is 0.560. The average Bonchev–Trinajstić information content (AvgIpc) is 2.77. The van der Waals surface area contributed by atoms with E-state index in [9.17, 15) is 0 Å². The molecule has 0 aliphatic carbocycles. The van der Waals surface area contributed by atoms with Gasteiger partial charge in [-0.25, -0.2) is 4.68 Å². The number of halogens is 3. The fraction of sp³-hybridized carbons (Fsp3) is 0. The van der Waals surface area contributed by atoms with Gasteiger partial charge in [-0.2, -0.15) is 5.10 Å². The highest BCUT2D eigenvalue weighted by molar-refractivity contribution is 6.45. The lowest BCUT2D eigenvalue weighted by molar-refractivity contribution is 0.878. The van der Waals surface area contributed by atoms with Gasteiger partial charge in [-0.05, 0) is 12.1 Å². The van der Waals surface area contributed by atoms with Gasteiger partial charge in [0.15, 0.2) is 0 Å². The first-order valence-electron chi connectivity index (χ1n) is 4.21. The lowest BCUT2D eigenvalue weighted by Gasteiger charge is -2.02. The number of hydrogen-bond acceptors (Lipinski definition) is 3. The first kappa shape index (κ1) is 11.4. The molecule has 7 heteroatoms. The van der Waals surface area contributed by atoms with Crippen LogP contribution in [0.4, 0.5) is 0 Å². The summed E-state index contributed by atoms with van der Waals surface area (Å²) in [4.78, 5) is 0. The highest BCUT2D eigenvalue weighted by atomic mass is 35.5. The van der Waals surface area contributed by atoms with Crippen LogP contribution in [0.1, 0.15) is 5.56 Å². The smallest absolute Gasteiger partial charge is 0.141 e. The average molecular weight is 276 g/mol. The van der Waals surface area contributed by atoms with Gasteiger partial charge in [-0.3, -0.25) is 0 Å². The van der Waals surface area contributed by atoms with Crippen molar-refractivity contribution in [1.29, 1.82) is 0 Å². The second-order valence-electron chi connectivity index (χ2n) is 2.84. The standard InChI is InChI=1S/C9H5Cl3N4/c10-7-1-2-8(11)9(12)6(7)3-15-16-4-13-14-5-16/h1-5H/b15-3+. The van der Waals surface area contributed by atoms with Crippen LogP contribution in [-0.4, -0.2) is 21.1 Å². The lowest BCUT2D eigenvalue weighted by atomic mass is 10.2. The normalized spacial score (nSPS) is 11.2. The minimum Gasteiger partial charge on any atom is -0.208 e. The van der Waals surface area contributed by atoms with Gasteiger partial charge in [0.25, 0.3) is 0 Å². The van der Waals surface area contributed by atoms with Crippen molar-refractivity contribution in [2.24, 2.45) is 5.10 Å². The van der Waals surface area contributed by atoms with Crippen molar-refractivity contribution in [3.05, 3.63) is 45.4 Å². The Hall–Kier alpha value is -1.10. The van der Waals surface area contributed by atoms with Crippen LogP contribution in [0, 0.1) is 0 Å². The van der Waals surface area contributed by atoms with E-state index >= 15 is 0 Å². The fourth-order valence-corrected chi connectivity index (χ4v) is 1.67. The van der Waals surface area contributed by atoms with Crippen LogP contribution < -0.4 is 0 Å². The molecule has 82 valence electrons. The topological polar surface area (TPSA) is 43.1 Å². The van der Waals surface area contributed by atoms with Crippen molar-refractivity contribution in [1.82, 2.24) is 14.9 Å². The second-order valence-corrected chi connectivity index (χ2v) is 4.04. The zero-order chi connectivity index (χ0) is 11.5. The molecular formula is C9H5Cl3N4. The molecule has 1 aromatic carbocycles. The molecule has 0 atom stereocenters. The molecule has 0 fully saturated rings. The van der Waals surface area contributed by atoms with Crippen LogP contribution in [0.5, 0.6) is 0 Å². The van der Waals surface area contributed by atoms with E-state index in [0.717, 1.165) is 0 Å². The molecule has 0 N–H and O–H groups in total. The Labute approximate surface area is 106 Å². The van der Waals surface area contributed by atoms with Crippen LogP contribution in [-0.2, 0) is 0 Å². The maximum atomic E-state index is 5.99. The van der Waals surface area contributed by atoms with Gasteiger partial charge in [-0.15, -0.1) is 10.2 Å². The summed E-state index contributed by atoms with van der Waals surface area (Å²) >= 11 is 17.8. The van der Waals surface area contributed by atoms with Crippen molar-refractivity contribution in [2.75, 3.05) is 0 Å². The number of benzene rings is 1. The molecule has 1 heterocycles. The minimum absolute atomic E-state index is 0.367. The van der Waals surface area contributed by atoms with Crippen LogP contribution in [0.15, 0.2) is 29.9 Å². The molecule has 2 aromatic rings. The monoisotopic (exact) mass is 274 g/mol. The summed E-state index contributed by atoms with van der Waals surface area (Å²) < 4.78 is 1.42. The van der Waals surface area contributed by atoms with Gasteiger partial charge in [0.05, 0.1) is 21.3 Å². The Morgan fingerprint density at radius 1 is 1.06 bits per heavy atom. The molecular weight excluding hydrogens is 270 g/mol. The summed E-state index contributed by atoms with van der Waals surface area (Å²) in [7, 11) is 0. The largest absolute Gasteiger partial charge is 0.208 e. The van der Waals surface area contributed by atoms with Crippen molar-refractivity contribution in [3.8, 4) is 0 Å². The number of rotatable bonds is 2. The molecule has 16 heavy (non-hydrogen) atoms. The van der Waals surface area contributed by atoms with E-state index in [-0.39, 0.29) is 0 Å². The van der Waals surface area contributed by atoms with E-state index in [4.69, 9.17) is 34.8 Å². The molecule has 0 saturated carbocycles. The van der Waals surface area contributed by atoms with Gasteiger partial charge in [-0.1, -0.05) is 34.8 Å². The molecule has 0 saturated heterocycles. The molecule has 0 radical (unpaired) electrons. The van der Waals surface area contributed by atoms with E-state index in [2.05, 4.69) is 15.3 Å². The fourth-order valence-electron chi connectivity index (χ4n) is 1.04. The maximum absolute atomic E-state index is 5.99. The maximum Gasteiger partial charge on any atom is 0.141 e. The summed E-state index contributed by atoms with van der Waals surface area (Å²) in [6, 6.07) is 3.28. The van der Waals surface area contributed by atoms with Gasteiger partial charge in [0.2, 0.25) is 0 Å². The zero-order valence-corrected chi connectivity index (χ0v) is 10.1. The molecule has 0 bridgehead atoms. The van der Waals surface area contributed by atoms with Gasteiger partial charge in [0.1, 0.15) is 12.7 Å². The number of aromatic nitrogens is 3. The third kappa shape index (κ3) is 2.35. The third-order valence-electron chi connectivity index (χ3n) is 1.81. The summed E-state index contributed by atoms with van der Waals surface area (Å²) in [6.45, 7) is 0. The Bertz CT molecular complexity index is 522. The number of nitrogens with zero attached hydrogens (tertiary/aromatic N) is 4. The molecule has 1 aromatic heterocycles. The van der Waals surface area contributed by atoms with Crippen LogP contribution in [0.25, 0.3) is 0 Å². The molecule has 0 amide bonds. The Morgan fingerprint density at radius 2 is 1.69 bits per heavy atom. The predicted octanol–water partition coefficient (Wildman–Crippen LogP) is 3.12. The SMILES string of the molecule is Clc1ccc(Cl)c(/C=N/n2cnnc2)c1Cl. The molecule has 0 aliphatic rings. The molecule has 2 rings (SSSR count). The zero-order valence-electron chi connectivity index (χ0n) is 7.81. The molecule has 0 spiro atoms. The third-order valence-corrected chi connectivity index (χ3v) is 2.95. The Kier molecular flexibility index (Phi) is 3.43. The van der Waals surface area contributed by atoms with E-state index < -0.39 is 0 Å². The summed E-state index contributed by atoms with van der Waals surface area (Å²) in [5, 5.41) is 12.5. The number of hydrogen-bond donors (Lipinski definition) is 0. The highest BCUT2D eigenvalue weighted by Crippen LogP contribution is 2.29. The molecule has 0 unspecified atom stereocenters. The van der Waals surface area contributed by atoms with Crippen molar-refractivity contribution < 1.29 is 0 Å². The van der Waals surface area contributed by atoms with Gasteiger partial charge in [0, 0.05) is 5.56 Å². The quantitative estimate of drug-likeness (QED) is 0.624. The van der Waals surface area contributed by atoms with Crippen molar-refractivity contribution in [2.45, 2.75) is 0 Å². The highest BCUT2D eigenvalue weighted by Gasteiger charge is 2.07. The first-order chi connectivity index (χ1) is 7.68. The Balaban J connectivity index is 2.38. The minimum atomic E-state index is 0.367. The van der Waals surface area contributed by atoms with Crippen LogP contribution >= 0.6 is 34.8 Å². The predicted molar refractivity (Wildman–Crippen MR) is 64.5 cm³/mol. The van der Waals surface area contributed by atoms with Crippen molar-refractivity contribution >= 4 is 41.0 Å². The molecule has 4 nitrogen and oxygen atoms in total. The second kappa shape index (κ2) is 4.82.